The number of piperazine rings is 1. The van der Waals surface area contributed by atoms with Crippen molar-refractivity contribution in [3.8, 4) is 5.75 Å². The molecule has 2 aliphatic rings. The van der Waals surface area contributed by atoms with E-state index in [1.165, 1.54) is 64.5 Å². The molecule has 1 unspecified atom stereocenters. The van der Waals surface area contributed by atoms with E-state index >= 15 is 0 Å². The van der Waals surface area contributed by atoms with Gasteiger partial charge in [0.15, 0.2) is 0 Å². The number of likely N-dealkylation sites (tertiary alicyclic amines) is 1. The van der Waals surface area contributed by atoms with Gasteiger partial charge in [-0.15, -0.1) is 0 Å². The summed E-state index contributed by atoms with van der Waals surface area (Å²) in [7, 11) is 3.77. The Balaban J connectivity index is 1.55. The molecule has 2 saturated heterocycles. The lowest BCUT2D eigenvalue weighted by Crippen LogP contribution is -2.47. The number of ether oxygens (including phenoxy) is 1. The summed E-state index contributed by atoms with van der Waals surface area (Å²) in [4.78, 5) is 7.47. The summed E-state index contributed by atoms with van der Waals surface area (Å²) in [5.41, 5.74) is 0.785. The number of piperidine rings is 1. The molecule has 1 atom stereocenters. The number of likely N-dealkylation sites (N-methyl/N-ethyl adjacent to an activating group) is 1. The van der Waals surface area contributed by atoms with Gasteiger partial charge < -0.3 is 14.5 Å². The molecular weight excluding hydrogens is 317 g/mol. The molecule has 2 aliphatic heterocycles. The first-order chi connectivity index (χ1) is 12.2. The summed E-state index contributed by atoms with van der Waals surface area (Å²) in [6, 6.07) is 5.82. The second-order valence-electron chi connectivity index (χ2n) is 7.51. The van der Waals surface area contributed by atoms with Gasteiger partial charge in [-0.05, 0) is 45.5 Å². The van der Waals surface area contributed by atoms with Crippen molar-refractivity contribution in [1.29, 1.82) is 0 Å². The van der Waals surface area contributed by atoms with E-state index in [0.717, 1.165) is 12.1 Å². The van der Waals surface area contributed by atoms with Gasteiger partial charge in [-0.3, -0.25) is 4.90 Å². The Bertz CT molecular complexity index is 546. The maximum Gasteiger partial charge on any atom is 0.131 e. The van der Waals surface area contributed by atoms with Gasteiger partial charge in [-0.25, -0.2) is 4.39 Å². The van der Waals surface area contributed by atoms with Crippen LogP contribution in [-0.4, -0.2) is 74.2 Å². The van der Waals surface area contributed by atoms with Crippen LogP contribution in [-0.2, 0) is 6.54 Å². The number of halogens is 1. The summed E-state index contributed by atoms with van der Waals surface area (Å²) in [6.07, 6.45) is 4.96. The van der Waals surface area contributed by atoms with Crippen LogP contribution >= 0.6 is 0 Å². The van der Waals surface area contributed by atoms with Gasteiger partial charge in [-0.1, -0.05) is 12.5 Å². The normalized spacial score (nSPS) is 23.7. The van der Waals surface area contributed by atoms with Crippen molar-refractivity contribution in [2.45, 2.75) is 38.3 Å². The van der Waals surface area contributed by atoms with Crippen LogP contribution in [0.25, 0.3) is 0 Å². The maximum absolute atomic E-state index is 14.3. The summed E-state index contributed by atoms with van der Waals surface area (Å²) < 4.78 is 19.4. The third-order valence-corrected chi connectivity index (χ3v) is 5.76. The largest absolute Gasteiger partial charge is 0.497 e. The molecule has 0 radical (unpaired) electrons. The highest BCUT2D eigenvalue weighted by Crippen LogP contribution is 2.24. The van der Waals surface area contributed by atoms with Gasteiger partial charge in [0.05, 0.1) is 7.11 Å². The van der Waals surface area contributed by atoms with Crippen molar-refractivity contribution in [2.24, 2.45) is 0 Å². The first kappa shape index (κ1) is 18.6. The van der Waals surface area contributed by atoms with Crippen molar-refractivity contribution < 1.29 is 9.13 Å². The Morgan fingerprint density at radius 1 is 1.12 bits per heavy atom. The van der Waals surface area contributed by atoms with Crippen molar-refractivity contribution in [3.63, 3.8) is 0 Å². The topological polar surface area (TPSA) is 19.0 Å². The molecule has 4 nitrogen and oxygen atoms in total. The van der Waals surface area contributed by atoms with Crippen molar-refractivity contribution in [2.75, 3.05) is 53.4 Å². The summed E-state index contributed by atoms with van der Waals surface area (Å²) in [5.74, 6) is 0.439. The van der Waals surface area contributed by atoms with Gasteiger partial charge in [0.25, 0.3) is 0 Å². The highest BCUT2D eigenvalue weighted by molar-refractivity contribution is 5.28. The second-order valence-corrected chi connectivity index (χ2v) is 7.51. The SMILES string of the molecule is COc1ccc(CN2CCCCC2CCN2CCN(C)CC2)c(F)c1. The Hall–Kier alpha value is -1.17. The van der Waals surface area contributed by atoms with Crippen molar-refractivity contribution in [3.05, 3.63) is 29.6 Å². The molecule has 0 amide bonds. The Labute approximate surface area is 151 Å². The highest BCUT2D eigenvalue weighted by Gasteiger charge is 2.24. The predicted molar refractivity (Wildman–Crippen MR) is 99.6 cm³/mol. The molecular formula is C20H32FN3O. The minimum atomic E-state index is -0.150. The van der Waals surface area contributed by atoms with Crippen LogP contribution in [0.4, 0.5) is 4.39 Å². The minimum absolute atomic E-state index is 0.150. The summed E-state index contributed by atoms with van der Waals surface area (Å²) in [6.45, 7) is 7.66. The van der Waals surface area contributed by atoms with Crippen LogP contribution in [0.2, 0.25) is 0 Å². The fraction of sp³-hybridized carbons (Fsp3) is 0.700. The zero-order chi connectivity index (χ0) is 17.6. The van der Waals surface area contributed by atoms with Crippen molar-refractivity contribution in [1.82, 2.24) is 14.7 Å². The van der Waals surface area contributed by atoms with Crippen LogP contribution in [0, 0.1) is 5.82 Å². The average molecular weight is 349 g/mol. The number of rotatable bonds is 6. The lowest BCUT2D eigenvalue weighted by atomic mass is 9.98. The fourth-order valence-corrected chi connectivity index (χ4v) is 4.00. The first-order valence-electron chi connectivity index (χ1n) is 9.63. The van der Waals surface area contributed by atoms with Gasteiger partial charge >= 0.3 is 0 Å². The van der Waals surface area contributed by atoms with Crippen LogP contribution < -0.4 is 4.74 Å². The van der Waals surface area contributed by atoms with Crippen LogP contribution in [0.1, 0.15) is 31.2 Å². The monoisotopic (exact) mass is 349 g/mol. The smallest absolute Gasteiger partial charge is 0.131 e. The molecule has 5 heteroatoms. The fourth-order valence-electron chi connectivity index (χ4n) is 4.00. The van der Waals surface area contributed by atoms with Crippen LogP contribution in [0.5, 0.6) is 5.75 Å². The van der Waals surface area contributed by atoms with Crippen LogP contribution in [0.15, 0.2) is 18.2 Å². The quantitative estimate of drug-likeness (QED) is 0.786. The van der Waals surface area contributed by atoms with E-state index in [-0.39, 0.29) is 5.82 Å². The Kier molecular flexibility index (Phi) is 6.68. The molecule has 0 bridgehead atoms. The molecule has 1 aromatic rings. The molecule has 0 N–H and O–H groups in total. The minimum Gasteiger partial charge on any atom is -0.497 e. The first-order valence-corrected chi connectivity index (χ1v) is 9.63. The van der Waals surface area contributed by atoms with E-state index in [0.29, 0.717) is 18.3 Å². The average Bonchev–Trinajstić information content (AvgIpc) is 2.64. The van der Waals surface area contributed by atoms with E-state index in [1.54, 1.807) is 7.11 Å². The molecule has 0 spiro atoms. The zero-order valence-electron chi connectivity index (χ0n) is 15.7. The van der Waals surface area contributed by atoms with Gasteiger partial charge in [-0.2, -0.15) is 0 Å². The Morgan fingerprint density at radius 3 is 2.64 bits per heavy atom. The standard InChI is InChI=1S/C20H32FN3O/c1-22-11-13-23(14-12-22)10-8-18-5-3-4-9-24(18)16-17-6-7-19(25-2)15-20(17)21/h6-7,15,18H,3-5,8-14,16H2,1-2H3. The van der Waals surface area contributed by atoms with Crippen molar-refractivity contribution >= 4 is 0 Å². The van der Waals surface area contributed by atoms with E-state index in [2.05, 4.69) is 21.7 Å². The number of nitrogens with zero attached hydrogens (tertiary/aromatic N) is 3. The third-order valence-electron chi connectivity index (χ3n) is 5.76. The molecule has 3 rings (SSSR count). The van der Waals surface area contributed by atoms with Gasteiger partial charge in [0.2, 0.25) is 0 Å². The van der Waals surface area contributed by atoms with Gasteiger partial charge in [0, 0.05) is 50.4 Å². The maximum atomic E-state index is 14.3. The predicted octanol–water partition coefficient (Wildman–Crippen LogP) is 2.83. The highest BCUT2D eigenvalue weighted by atomic mass is 19.1. The molecule has 1 aromatic carbocycles. The Morgan fingerprint density at radius 2 is 1.92 bits per heavy atom. The number of hydrogen-bond donors (Lipinski definition) is 0. The third kappa shape index (κ3) is 5.16. The molecule has 0 saturated carbocycles. The molecule has 140 valence electrons. The molecule has 0 aromatic heterocycles. The molecule has 25 heavy (non-hydrogen) atoms. The van der Waals surface area contributed by atoms with E-state index in [9.17, 15) is 4.39 Å². The zero-order valence-corrected chi connectivity index (χ0v) is 15.7. The summed E-state index contributed by atoms with van der Waals surface area (Å²) >= 11 is 0. The lowest BCUT2D eigenvalue weighted by Gasteiger charge is -2.38. The van der Waals surface area contributed by atoms with Gasteiger partial charge in [0.1, 0.15) is 11.6 Å². The van der Waals surface area contributed by atoms with Crippen LogP contribution in [0.3, 0.4) is 0 Å². The van der Waals surface area contributed by atoms with E-state index in [4.69, 9.17) is 4.74 Å². The van der Waals surface area contributed by atoms with E-state index in [1.807, 2.05) is 12.1 Å². The molecule has 2 fully saturated rings. The van der Waals surface area contributed by atoms with E-state index < -0.39 is 0 Å². The second kappa shape index (κ2) is 8.97. The number of benzene rings is 1. The molecule has 2 heterocycles. The number of hydrogen-bond acceptors (Lipinski definition) is 4. The number of methoxy groups -OCH3 is 1. The molecule has 0 aliphatic carbocycles. The lowest BCUT2D eigenvalue weighted by molar-refractivity contribution is 0.101. The summed E-state index contributed by atoms with van der Waals surface area (Å²) in [5, 5.41) is 0.